The van der Waals surface area contributed by atoms with Gasteiger partial charge in [0, 0.05) is 17.5 Å². The molecule has 0 radical (unpaired) electrons. The van der Waals surface area contributed by atoms with Gasteiger partial charge in [0.1, 0.15) is 11.8 Å². The molecule has 2 aromatic rings. The van der Waals surface area contributed by atoms with Crippen molar-refractivity contribution in [2.75, 3.05) is 0 Å². The molecule has 1 atom stereocenters. The van der Waals surface area contributed by atoms with E-state index in [-0.39, 0.29) is 0 Å². The standard InChI is InChI=1S/C8H10N4OS/c1-5-4-14-8(10-5)2-7(13)6-3-9-12-11-6/h3-4,7,13H,2H2,1H3,(H,9,11,12). The van der Waals surface area contributed by atoms with Gasteiger partial charge in [-0.25, -0.2) is 4.98 Å². The highest BCUT2D eigenvalue weighted by atomic mass is 32.1. The van der Waals surface area contributed by atoms with E-state index in [4.69, 9.17) is 0 Å². The Bertz CT molecular complexity index is 397. The maximum Gasteiger partial charge on any atom is 0.111 e. The lowest BCUT2D eigenvalue weighted by Crippen LogP contribution is -2.02. The van der Waals surface area contributed by atoms with Crippen molar-refractivity contribution >= 4 is 11.3 Å². The molecule has 2 N–H and O–H groups in total. The molecule has 2 aromatic heterocycles. The van der Waals surface area contributed by atoms with E-state index in [0.717, 1.165) is 10.7 Å². The Kier molecular flexibility index (Phi) is 2.55. The summed E-state index contributed by atoms with van der Waals surface area (Å²) in [6.45, 7) is 1.93. The number of aryl methyl sites for hydroxylation is 1. The van der Waals surface area contributed by atoms with Crippen LogP contribution in [0.4, 0.5) is 0 Å². The van der Waals surface area contributed by atoms with Crippen molar-refractivity contribution in [1.82, 2.24) is 20.4 Å². The molecule has 0 bridgehead atoms. The highest BCUT2D eigenvalue weighted by Crippen LogP contribution is 2.18. The molecule has 2 rings (SSSR count). The first kappa shape index (κ1) is 9.29. The summed E-state index contributed by atoms with van der Waals surface area (Å²) in [7, 11) is 0. The first-order valence-corrected chi connectivity index (χ1v) is 5.08. The van der Waals surface area contributed by atoms with Gasteiger partial charge in [0.2, 0.25) is 0 Å². The van der Waals surface area contributed by atoms with Crippen molar-refractivity contribution in [3.8, 4) is 0 Å². The molecular formula is C8H10N4OS. The van der Waals surface area contributed by atoms with Crippen molar-refractivity contribution in [2.45, 2.75) is 19.4 Å². The van der Waals surface area contributed by atoms with E-state index in [1.54, 1.807) is 11.3 Å². The molecule has 0 spiro atoms. The van der Waals surface area contributed by atoms with Crippen LogP contribution in [-0.2, 0) is 6.42 Å². The number of nitrogens with one attached hydrogen (secondary N) is 1. The number of thiazole rings is 1. The van der Waals surface area contributed by atoms with Crippen molar-refractivity contribution < 1.29 is 5.11 Å². The van der Waals surface area contributed by atoms with Crippen LogP contribution < -0.4 is 0 Å². The highest BCUT2D eigenvalue weighted by molar-refractivity contribution is 7.09. The summed E-state index contributed by atoms with van der Waals surface area (Å²) in [6.07, 6.45) is 1.38. The van der Waals surface area contributed by atoms with Crippen LogP contribution in [0.15, 0.2) is 11.6 Å². The lowest BCUT2D eigenvalue weighted by molar-refractivity contribution is 0.173. The monoisotopic (exact) mass is 210 g/mol. The number of aliphatic hydroxyl groups is 1. The predicted octanol–water partition coefficient (Wildman–Crippen LogP) is 0.846. The first-order valence-electron chi connectivity index (χ1n) is 4.20. The van der Waals surface area contributed by atoms with Gasteiger partial charge in [0.05, 0.1) is 11.2 Å². The third-order valence-corrected chi connectivity index (χ3v) is 2.80. The van der Waals surface area contributed by atoms with Crippen LogP contribution in [0.2, 0.25) is 0 Å². The van der Waals surface area contributed by atoms with Crippen LogP contribution in [0.5, 0.6) is 0 Å². The molecule has 0 aliphatic rings. The van der Waals surface area contributed by atoms with Crippen molar-refractivity contribution in [3.05, 3.63) is 28.0 Å². The van der Waals surface area contributed by atoms with E-state index < -0.39 is 6.10 Å². The number of aromatic nitrogens is 4. The van der Waals surface area contributed by atoms with Crippen LogP contribution in [0, 0.1) is 6.92 Å². The third-order valence-electron chi connectivity index (χ3n) is 1.81. The van der Waals surface area contributed by atoms with E-state index in [2.05, 4.69) is 20.4 Å². The van der Waals surface area contributed by atoms with Gasteiger partial charge in [-0.05, 0) is 6.92 Å². The molecule has 0 saturated heterocycles. The van der Waals surface area contributed by atoms with Crippen LogP contribution in [0.3, 0.4) is 0 Å². The van der Waals surface area contributed by atoms with Gasteiger partial charge in [0.25, 0.3) is 0 Å². The first-order chi connectivity index (χ1) is 6.75. The molecule has 2 heterocycles. The second kappa shape index (κ2) is 3.85. The minimum absolute atomic E-state index is 0.491. The van der Waals surface area contributed by atoms with Gasteiger partial charge in [0.15, 0.2) is 0 Å². The number of rotatable bonds is 3. The summed E-state index contributed by atoms with van der Waals surface area (Å²) in [5.41, 5.74) is 1.54. The minimum atomic E-state index is -0.626. The van der Waals surface area contributed by atoms with Crippen molar-refractivity contribution in [3.63, 3.8) is 0 Å². The van der Waals surface area contributed by atoms with E-state index >= 15 is 0 Å². The van der Waals surface area contributed by atoms with E-state index in [1.165, 1.54) is 6.20 Å². The van der Waals surface area contributed by atoms with Crippen LogP contribution >= 0.6 is 11.3 Å². The number of nitrogens with zero attached hydrogens (tertiary/aromatic N) is 3. The molecule has 0 aliphatic carbocycles. The van der Waals surface area contributed by atoms with Gasteiger partial charge >= 0.3 is 0 Å². The maximum atomic E-state index is 9.72. The van der Waals surface area contributed by atoms with Gasteiger partial charge < -0.3 is 5.11 Å². The molecule has 5 nitrogen and oxygen atoms in total. The zero-order valence-corrected chi connectivity index (χ0v) is 8.45. The summed E-state index contributed by atoms with van der Waals surface area (Å²) >= 11 is 1.55. The normalized spacial score (nSPS) is 13.0. The Labute approximate surface area is 84.8 Å². The smallest absolute Gasteiger partial charge is 0.111 e. The Hall–Kier alpha value is -1.27. The van der Waals surface area contributed by atoms with Crippen LogP contribution in [0.25, 0.3) is 0 Å². The zero-order chi connectivity index (χ0) is 9.97. The van der Waals surface area contributed by atoms with E-state index in [1.807, 2.05) is 12.3 Å². The molecule has 1 unspecified atom stereocenters. The summed E-state index contributed by atoms with van der Waals surface area (Å²) in [4.78, 5) is 4.26. The number of H-pyrrole nitrogens is 1. The van der Waals surface area contributed by atoms with Gasteiger partial charge in [-0.3, -0.25) is 0 Å². The Morgan fingerprint density at radius 2 is 2.50 bits per heavy atom. The average Bonchev–Trinajstić information content (AvgIpc) is 2.75. The number of aliphatic hydroxyl groups excluding tert-OH is 1. The Balaban J connectivity index is 2.05. The fraction of sp³-hybridized carbons (Fsp3) is 0.375. The highest BCUT2D eigenvalue weighted by Gasteiger charge is 2.12. The molecule has 74 valence electrons. The lowest BCUT2D eigenvalue weighted by Gasteiger charge is -2.02. The van der Waals surface area contributed by atoms with Gasteiger partial charge in [-0.2, -0.15) is 15.4 Å². The minimum Gasteiger partial charge on any atom is -0.386 e. The lowest BCUT2D eigenvalue weighted by atomic mass is 10.2. The summed E-state index contributed by atoms with van der Waals surface area (Å²) < 4.78 is 0. The molecule has 6 heteroatoms. The fourth-order valence-corrected chi connectivity index (χ4v) is 1.95. The Morgan fingerprint density at radius 3 is 3.07 bits per heavy atom. The van der Waals surface area contributed by atoms with Gasteiger partial charge in [-0.1, -0.05) is 0 Å². The number of aromatic amines is 1. The number of hydrogen-bond acceptors (Lipinski definition) is 5. The molecule has 0 saturated carbocycles. The zero-order valence-electron chi connectivity index (χ0n) is 7.64. The fourth-order valence-electron chi connectivity index (χ4n) is 1.14. The van der Waals surface area contributed by atoms with E-state index in [9.17, 15) is 5.11 Å². The second-order valence-electron chi connectivity index (χ2n) is 3.00. The Morgan fingerprint density at radius 1 is 1.64 bits per heavy atom. The quantitative estimate of drug-likeness (QED) is 0.787. The molecule has 0 aliphatic heterocycles. The molecular weight excluding hydrogens is 200 g/mol. The summed E-state index contributed by atoms with van der Waals surface area (Å²) in [5.74, 6) is 0. The van der Waals surface area contributed by atoms with Crippen molar-refractivity contribution in [1.29, 1.82) is 0 Å². The molecule has 0 aromatic carbocycles. The molecule has 0 fully saturated rings. The second-order valence-corrected chi connectivity index (χ2v) is 3.94. The number of hydrogen-bond donors (Lipinski definition) is 2. The predicted molar refractivity (Wildman–Crippen MR) is 51.9 cm³/mol. The largest absolute Gasteiger partial charge is 0.386 e. The summed E-state index contributed by atoms with van der Waals surface area (Å²) in [5, 5.41) is 22.5. The SMILES string of the molecule is Cc1csc(CC(O)c2cn[nH]n2)n1. The molecule has 0 amide bonds. The van der Waals surface area contributed by atoms with Gasteiger partial charge in [-0.15, -0.1) is 11.3 Å². The van der Waals surface area contributed by atoms with E-state index in [0.29, 0.717) is 12.1 Å². The van der Waals surface area contributed by atoms with Crippen LogP contribution in [-0.4, -0.2) is 25.5 Å². The third kappa shape index (κ3) is 1.97. The van der Waals surface area contributed by atoms with Crippen LogP contribution in [0.1, 0.15) is 22.5 Å². The molecule has 14 heavy (non-hydrogen) atoms. The average molecular weight is 210 g/mol. The topological polar surface area (TPSA) is 74.7 Å². The maximum absolute atomic E-state index is 9.72. The summed E-state index contributed by atoms with van der Waals surface area (Å²) in [6, 6.07) is 0. The van der Waals surface area contributed by atoms with Crippen molar-refractivity contribution in [2.24, 2.45) is 0 Å².